The maximum atomic E-state index is 14.1. The number of ether oxygens (including phenoxy) is 3. The van der Waals surface area contributed by atoms with Crippen molar-refractivity contribution in [1.29, 1.82) is 0 Å². The summed E-state index contributed by atoms with van der Waals surface area (Å²) in [6, 6.07) is 9.46. The van der Waals surface area contributed by atoms with E-state index in [2.05, 4.69) is 33.2 Å². The van der Waals surface area contributed by atoms with E-state index >= 15 is 0 Å². The molecule has 38 heavy (non-hydrogen) atoms. The first-order valence-electron chi connectivity index (χ1n) is 12.4. The summed E-state index contributed by atoms with van der Waals surface area (Å²) in [5, 5.41) is 8.57. The Morgan fingerprint density at radius 2 is 2.05 bits per heavy atom. The minimum Gasteiger partial charge on any atom is -0.493 e. The molecular weight excluding hydrogens is 575 g/mol. The zero-order valence-electron chi connectivity index (χ0n) is 21.7. The van der Waals surface area contributed by atoms with Gasteiger partial charge in [0.2, 0.25) is 11.1 Å². The van der Waals surface area contributed by atoms with E-state index in [1.165, 1.54) is 13.2 Å². The zero-order valence-corrected chi connectivity index (χ0v) is 24.1. The number of nitrogens with zero attached hydrogens (tertiary/aromatic N) is 3. The normalized spacial score (nSPS) is 14.6. The molecule has 0 amide bonds. The predicted octanol–water partition coefficient (Wildman–Crippen LogP) is 6.51. The Morgan fingerprint density at radius 1 is 1.26 bits per heavy atom. The van der Waals surface area contributed by atoms with Crippen molar-refractivity contribution in [3.63, 3.8) is 0 Å². The number of rotatable bonds is 11. The fourth-order valence-electron chi connectivity index (χ4n) is 4.08. The van der Waals surface area contributed by atoms with Crippen LogP contribution in [0.3, 0.4) is 0 Å². The van der Waals surface area contributed by atoms with E-state index in [0.29, 0.717) is 49.5 Å². The molecule has 1 unspecified atom stereocenters. The lowest BCUT2D eigenvalue weighted by Gasteiger charge is -2.28. The van der Waals surface area contributed by atoms with Gasteiger partial charge in [0.15, 0.2) is 11.5 Å². The number of nitrogens with one attached hydrogen (secondary N) is 1. The Balaban J connectivity index is 1.74. The molecule has 0 saturated carbocycles. The summed E-state index contributed by atoms with van der Waals surface area (Å²) in [4.78, 5) is 17.8. The van der Waals surface area contributed by atoms with Gasteiger partial charge in [-0.3, -0.25) is 0 Å². The standard InChI is InChI=1S/C27H30BrFN4O4S/c1-5-7-12-38-27-31-26-30-16(3)22(25(34)36-6-2)23(33(26)32-27)18-13-19(28)24(21(14-18)35-4)37-15-17-10-8-9-11-20(17)29/h8-11,13-14,23H,5-7,12,15H2,1-4H3,(H,30,31,32). The highest BCUT2D eigenvalue weighted by Crippen LogP contribution is 2.43. The summed E-state index contributed by atoms with van der Waals surface area (Å²) in [6.45, 7) is 5.98. The molecule has 0 aliphatic carbocycles. The van der Waals surface area contributed by atoms with Gasteiger partial charge in [0.1, 0.15) is 18.5 Å². The van der Waals surface area contributed by atoms with E-state index < -0.39 is 12.0 Å². The molecule has 0 spiro atoms. The Bertz CT molecular complexity index is 1350. The second kappa shape index (κ2) is 12.7. The Labute approximate surface area is 234 Å². The third-order valence-corrected chi connectivity index (χ3v) is 7.47. The van der Waals surface area contributed by atoms with Gasteiger partial charge in [-0.1, -0.05) is 43.3 Å². The Hall–Kier alpha value is -3.05. The quantitative estimate of drug-likeness (QED) is 0.150. The molecule has 2 heterocycles. The number of esters is 1. The van der Waals surface area contributed by atoms with Gasteiger partial charge in [-0.05, 0) is 60.0 Å². The molecule has 1 aliphatic rings. The minimum atomic E-state index is -0.621. The highest BCUT2D eigenvalue weighted by Gasteiger charge is 2.36. The van der Waals surface area contributed by atoms with Crippen molar-refractivity contribution in [1.82, 2.24) is 14.8 Å². The minimum absolute atomic E-state index is 0.0208. The number of thioether (sulfide) groups is 1. The first-order valence-corrected chi connectivity index (χ1v) is 14.1. The van der Waals surface area contributed by atoms with Gasteiger partial charge in [-0.2, -0.15) is 4.98 Å². The van der Waals surface area contributed by atoms with Crippen molar-refractivity contribution in [3.8, 4) is 11.5 Å². The van der Waals surface area contributed by atoms with Crippen LogP contribution in [0.2, 0.25) is 0 Å². The van der Waals surface area contributed by atoms with Crippen LogP contribution in [0.15, 0.2) is 57.3 Å². The van der Waals surface area contributed by atoms with Crippen molar-refractivity contribution < 1.29 is 23.4 Å². The topological polar surface area (TPSA) is 87.5 Å². The van der Waals surface area contributed by atoms with Crippen molar-refractivity contribution in [2.45, 2.75) is 51.4 Å². The molecule has 1 aliphatic heterocycles. The van der Waals surface area contributed by atoms with Crippen LogP contribution >= 0.6 is 27.7 Å². The summed E-state index contributed by atoms with van der Waals surface area (Å²) in [6.07, 6.45) is 2.13. The number of allylic oxidation sites excluding steroid dienone is 1. The molecule has 1 atom stereocenters. The number of hydrogen-bond acceptors (Lipinski definition) is 8. The van der Waals surface area contributed by atoms with Crippen LogP contribution in [0.5, 0.6) is 11.5 Å². The molecule has 0 radical (unpaired) electrons. The third-order valence-electron chi connectivity index (χ3n) is 5.95. The first-order chi connectivity index (χ1) is 18.4. The van der Waals surface area contributed by atoms with Crippen molar-refractivity contribution in [3.05, 3.63) is 69.1 Å². The van der Waals surface area contributed by atoms with Crippen LogP contribution in [0.4, 0.5) is 10.3 Å². The average molecular weight is 606 g/mol. The highest BCUT2D eigenvalue weighted by molar-refractivity contribution is 9.10. The Kier molecular flexibility index (Phi) is 9.32. The zero-order chi connectivity index (χ0) is 27.2. The smallest absolute Gasteiger partial charge is 0.338 e. The van der Waals surface area contributed by atoms with E-state index in [-0.39, 0.29) is 19.0 Å². The predicted molar refractivity (Wildman–Crippen MR) is 148 cm³/mol. The van der Waals surface area contributed by atoms with E-state index in [4.69, 9.17) is 19.3 Å². The van der Waals surface area contributed by atoms with Crippen molar-refractivity contribution >= 4 is 39.6 Å². The van der Waals surface area contributed by atoms with Gasteiger partial charge in [0.05, 0.1) is 23.8 Å². The van der Waals surface area contributed by atoms with Gasteiger partial charge >= 0.3 is 5.97 Å². The van der Waals surface area contributed by atoms with Crippen molar-refractivity contribution in [2.75, 3.05) is 24.8 Å². The van der Waals surface area contributed by atoms with Crippen molar-refractivity contribution in [2.24, 2.45) is 0 Å². The molecule has 3 aromatic rings. The van der Waals surface area contributed by atoms with Crippen LogP contribution < -0.4 is 14.8 Å². The number of benzene rings is 2. The van der Waals surface area contributed by atoms with Gasteiger partial charge in [-0.15, -0.1) is 5.10 Å². The second-order valence-electron chi connectivity index (χ2n) is 8.57. The largest absolute Gasteiger partial charge is 0.493 e. The monoisotopic (exact) mass is 604 g/mol. The molecule has 1 aromatic heterocycles. The molecule has 0 saturated heterocycles. The number of unbranched alkanes of at least 4 members (excludes halogenated alkanes) is 1. The third kappa shape index (κ3) is 5.99. The first kappa shape index (κ1) is 28.0. The summed E-state index contributed by atoms with van der Waals surface area (Å²) < 4.78 is 33.5. The number of halogens is 2. The number of aromatic nitrogens is 3. The summed E-state index contributed by atoms with van der Waals surface area (Å²) in [5.41, 5.74) is 2.19. The van der Waals surface area contributed by atoms with Gasteiger partial charge in [-0.25, -0.2) is 13.9 Å². The number of carbonyl (C=O) groups excluding carboxylic acids is 1. The van der Waals surface area contributed by atoms with Crippen LogP contribution in [-0.2, 0) is 16.1 Å². The molecule has 11 heteroatoms. The summed E-state index contributed by atoms with van der Waals surface area (Å²) in [7, 11) is 1.53. The summed E-state index contributed by atoms with van der Waals surface area (Å²) >= 11 is 5.17. The van der Waals surface area contributed by atoms with Crippen LogP contribution in [0.25, 0.3) is 0 Å². The van der Waals surface area contributed by atoms with Gasteiger partial charge in [0.25, 0.3) is 0 Å². The second-order valence-corrected chi connectivity index (χ2v) is 10.5. The van der Waals surface area contributed by atoms with E-state index in [1.54, 1.807) is 47.6 Å². The summed E-state index contributed by atoms with van der Waals surface area (Å²) in [5.74, 6) is 1.48. The number of anilines is 1. The fraction of sp³-hybridized carbons (Fsp3) is 0.370. The molecule has 202 valence electrons. The Morgan fingerprint density at radius 3 is 2.76 bits per heavy atom. The van der Waals surface area contributed by atoms with Gasteiger partial charge < -0.3 is 19.5 Å². The molecule has 0 fully saturated rings. The molecule has 2 aromatic carbocycles. The lowest BCUT2D eigenvalue weighted by molar-refractivity contribution is -0.139. The number of methoxy groups -OCH3 is 1. The molecule has 1 N–H and O–H groups in total. The highest BCUT2D eigenvalue weighted by atomic mass is 79.9. The molecule has 8 nitrogen and oxygen atoms in total. The number of carbonyl (C=O) groups is 1. The maximum Gasteiger partial charge on any atom is 0.338 e. The van der Waals surface area contributed by atoms with Crippen LogP contribution in [0.1, 0.15) is 50.8 Å². The van der Waals surface area contributed by atoms with Crippen LogP contribution in [-0.4, -0.2) is 40.2 Å². The SMILES string of the molecule is CCCCSc1nc2n(n1)C(c1cc(Br)c(OCc3ccccc3F)c(OC)c1)C(C(=O)OCC)=C(C)N2. The van der Waals surface area contributed by atoms with Crippen LogP contribution in [0, 0.1) is 5.82 Å². The fourth-order valence-corrected chi connectivity index (χ4v) is 5.57. The van der Waals surface area contributed by atoms with E-state index in [0.717, 1.165) is 18.6 Å². The lowest BCUT2D eigenvalue weighted by atomic mass is 9.95. The van der Waals surface area contributed by atoms with E-state index in [9.17, 15) is 9.18 Å². The maximum absolute atomic E-state index is 14.1. The average Bonchev–Trinajstić information content (AvgIpc) is 3.30. The number of fused-ring (bicyclic) bond motifs is 1. The number of hydrogen-bond donors (Lipinski definition) is 1. The van der Waals surface area contributed by atoms with E-state index in [1.807, 2.05) is 13.0 Å². The molecule has 0 bridgehead atoms. The molecule has 4 rings (SSSR count). The lowest BCUT2D eigenvalue weighted by Crippen LogP contribution is -2.29. The van der Waals surface area contributed by atoms with Gasteiger partial charge in [0, 0.05) is 17.0 Å². The molecular formula is C27H30BrFN4O4S.